The van der Waals surface area contributed by atoms with Gasteiger partial charge in [0.2, 0.25) is 0 Å². The predicted molar refractivity (Wildman–Crippen MR) is 110 cm³/mol. The van der Waals surface area contributed by atoms with Gasteiger partial charge in [-0.2, -0.15) is 0 Å². The summed E-state index contributed by atoms with van der Waals surface area (Å²) < 4.78 is 5.26. The van der Waals surface area contributed by atoms with E-state index in [0.717, 1.165) is 21.6 Å². The molecule has 29 heavy (non-hydrogen) atoms. The monoisotopic (exact) mass is 410 g/mol. The van der Waals surface area contributed by atoms with Gasteiger partial charge >= 0.3 is 11.7 Å². The second-order valence-electron chi connectivity index (χ2n) is 7.45. The van der Waals surface area contributed by atoms with Gasteiger partial charge in [-0.25, -0.2) is 9.59 Å². The molecule has 0 aliphatic carbocycles. The van der Waals surface area contributed by atoms with E-state index in [9.17, 15) is 14.4 Å². The highest BCUT2D eigenvalue weighted by molar-refractivity contribution is 6.32. The summed E-state index contributed by atoms with van der Waals surface area (Å²) in [5.74, 6) is -0.378. The fraction of sp³-hybridized carbons (Fsp3) is 0.227. The van der Waals surface area contributed by atoms with Crippen LogP contribution in [0.3, 0.4) is 0 Å². The number of benzene rings is 2. The Morgan fingerprint density at radius 2 is 1.79 bits per heavy atom. The number of fused-ring (bicyclic) bond motifs is 1. The van der Waals surface area contributed by atoms with Crippen LogP contribution in [-0.4, -0.2) is 16.8 Å². The average molecular weight is 411 g/mol. The van der Waals surface area contributed by atoms with Crippen molar-refractivity contribution in [1.29, 1.82) is 0 Å². The molecule has 0 bridgehead atoms. The smallest absolute Gasteiger partial charge is 0.336 e. The summed E-state index contributed by atoms with van der Waals surface area (Å²) in [6, 6.07) is 11.6. The van der Waals surface area contributed by atoms with Crippen LogP contribution in [0.1, 0.15) is 29.2 Å². The van der Waals surface area contributed by atoms with Gasteiger partial charge in [0.25, 0.3) is 5.91 Å². The molecule has 7 heteroatoms. The summed E-state index contributed by atoms with van der Waals surface area (Å²) >= 11 is 6.24. The van der Waals surface area contributed by atoms with Crippen molar-refractivity contribution >= 4 is 34.5 Å². The maximum atomic E-state index is 13.3. The van der Waals surface area contributed by atoms with Gasteiger partial charge in [-0.3, -0.25) is 9.69 Å². The van der Waals surface area contributed by atoms with Crippen molar-refractivity contribution in [3.8, 4) is 0 Å². The summed E-state index contributed by atoms with van der Waals surface area (Å²) in [4.78, 5) is 39.1. The standard InChI is InChI=1S/C22H19ClN2O4/c1-12-6-4-5-7-16(12)22(3)20(27)25(21(28)24-22)11-14-9-19(26)29-18-8-13(2)17(23)10-15(14)18/h4-10H,11H2,1-3H3,(H,24,28). The van der Waals surface area contributed by atoms with Gasteiger partial charge < -0.3 is 9.73 Å². The lowest BCUT2D eigenvalue weighted by atomic mass is 9.88. The maximum Gasteiger partial charge on any atom is 0.336 e. The third-order valence-electron chi connectivity index (χ3n) is 5.40. The molecule has 3 aromatic rings. The molecule has 2 aromatic carbocycles. The van der Waals surface area contributed by atoms with Crippen LogP contribution in [-0.2, 0) is 16.9 Å². The zero-order chi connectivity index (χ0) is 20.9. The van der Waals surface area contributed by atoms with Crippen molar-refractivity contribution in [3.63, 3.8) is 0 Å². The van der Waals surface area contributed by atoms with E-state index in [2.05, 4.69) is 5.32 Å². The van der Waals surface area contributed by atoms with E-state index in [0.29, 0.717) is 21.6 Å². The molecule has 3 amide bonds. The number of urea groups is 1. The number of imide groups is 1. The van der Waals surface area contributed by atoms with Gasteiger partial charge in [0.1, 0.15) is 11.1 Å². The lowest BCUT2D eigenvalue weighted by molar-refractivity contribution is -0.131. The van der Waals surface area contributed by atoms with E-state index < -0.39 is 17.2 Å². The number of carbonyl (C=O) groups is 2. The Balaban J connectivity index is 1.77. The largest absolute Gasteiger partial charge is 0.423 e. The van der Waals surface area contributed by atoms with E-state index in [1.807, 2.05) is 31.2 Å². The quantitative estimate of drug-likeness (QED) is 0.522. The average Bonchev–Trinajstić information content (AvgIpc) is 2.87. The predicted octanol–water partition coefficient (Wildman–Crippen LogP) is 4.03. The first-order valence-electron chi connectivity index (χ1n) is 9.14. The molecule has 2 heterocycles. The molecular formula is C22H19ClN2O4. The lowest BCUT2D eigenvalue weighted by Crippen LogP contribution is -2.41. The normalized spacial score (nSPS) is 19.1. The second kappa shape index (κ2) is 6.74. The molecule has 1 fully saturated rings. The molecule has 0 radical (unpaired) electrons. The lowest BCUT2D eigenvalue weighted by Gasteiger charge is -2.24. The highest BCUT2D eigenvalue weighted by Gasteiger charge is 2.49. The zero-order valence-corrected chi connectivity index (χ0v) is 17.0. The van der Waals surface area contributed by atoms with Gasteiger partial charge in [0.15, 0.2) is 0 Å². The number of rotatable bonds is 3. The Bertz CT molecular complexity index is 1230. The van der Waals surface area contributed by atoms with Crippen LogP contribution in [0, 0.1) is 13.8 Å². The minimum atomic E-state index is -1.17. The van der Waals surface area contributed by atoms with Crippen molar-refractivity contribution in [3.05, 3.63) is 80.2 Å². The van der Waals surface area contributed by atoms with Crippen molar-refractivity contribution in [2.75, 3.05) is 0 Å². The Morgan fingerprint density at radius 1 is 1.07 bits per heavy atom. The number of nitrogens with zero attached hydrogens (tertiary/aromatic N) is 1. The SMILES string of the molecule is Cc1cc2oc(=O)cc(CN3C(=O)NC(C)(c4ccccc4C)C3=O)c2cc1Cl. The van der Waals surface area contributed by atoms with Crippen LogP contribution in [0.4, 0.5) is 4.79 Å². The van der Waals surface area contributed by atoms with Crippen LogP contribution in [0.2, 0.25) is 5.02 Å². The Kier molecular flexibility index (Phi) is 4.46. The highest BCUT2D eigenvalue weighted by Crippen LogP contribution is 2.33. The van der Waals surface area contributed by atoms with Crippen LogP contribution in [0.25, 0.3) is 11.0 Å². The van der Waals surface area contributed by atoms with E-state index in [-0.39, 0.29) is 12.5 Å². The van der Waals surface area contributed by atoms with E-state index >= 15 is 0 Å². The number of hydrogen-bond acceptors (Lipinski definition) is 4. The molecule has 1 aromatic heterocycles. The number of hydrogen-bond donors (Lipinski definition) is 1. The maximum absolute atomic E-state index is 13.3. The molecule has 1 unspecified atom stereocenters. The van der Waals surface area contributed by atoms with Crippen LogP contribution >= 0.6 is 11.6 Å². The van der Waals surface area contributed by atoms with Gasteiger partial charge in [0.05, 0.1) is 6.54 Å². The fourth-order valence-corrected chi connectivity index (χ4v) is 3.97. The van der Waals surface area contributed by atoms with E-state index in [1.54, 1.807) is 26.0 Å². The number of nitrogens with one attached hydrogen (secondary N) is 1. The molecule has 148 valence electrons. The molecule has 1 aliphatic rings. The first kappa shape index (κ1) is 19.2. The molecule has 1 saturated heterocycles. The summed E-state index contributed by atoms with van der Waals surface area (Å²) in [6.07, 6.45) is 0. The van der Waals surface area contributed by atoms with Crippen molar-refractivity contribution in [2.24, 2.45) is 0 Å². The second-order valence-corrected chi connectivity index (χ2v) is 7.86. The molecule has 1 aliphatic heterocycles. The molecule has 0 saturated carbocycles. The first-order chi connectivity index (χ1) is 13.7. The fourth-order valence-electron chi connectivity index (χ4n) is 3.81. The number of aryl methyl sites for hydroxylation is 2. The Hall–Kier alpha value is -3.12. The minimum absolute atomic E-state index is 0.0619. The molecule has 4 rings (SSSR count). The third kappa shape index (κ3) is 3.09. The molecule has 6 nitrogen and oxygen atoms in total. The Morgan fingerprint density at radius 3 is 2.52 bits per heavy atom. The Labute approximate surface area is 172 Å². The van der Waals surface area contributed by atoms with Gasteiger partial charge in [0, 0.05) is 16.5 Å². The summed E-state index contributed by atoms with van der Waals surface area (Å²) in [6.45, 7) is 5.32. The number of amides is 3. The summed E-state index contributed by atoms with van der Waals surface area (Å²) in [5.41, 5.74) is 1.53. The number of halogens is 1. The topological polar surface area (TPSA) is 79.6 Å². The van der Waals surface area contributed by atoms with Gasteiger partial charge in [-0.15, -0.1) is 0 Å². The highest BCUT2D eigenvalue weighted by atomic mass is 35.5. The van der Waals surface area contributed by atoms with Crippen LogP contribution < -0.4 is 10.9 Å². The first-order valence-corrected chi connectivity index (χ1v) is 9.51. The molecule has 1 N–H and O–H groups in total. The van der Waals surface area contributed by atoms with Crippen molar-refractivity contribution in [1.82, 2.24) is 10.2 Å². The molecule has 0 spiro atoms. The summed E-state index contributed by atoms with van der Waals surface area (Å²) in [5, 5.41) is 3.90. The summed E-state index contributed by atoms with van der Waals surface area (Å²) in [7, 11) is 0. The van der Waals surface area contributed by atoms with Crippen molar-refractivity contribution < 1.29 is 14.0 Å². The third-order valence-corrected chi connectivity index (χ3v) is 5.80. The van der Waals surface area contributed by atoms with Crippen LogP contribution in [0.15, 0.2) is 51.7 Å². The van der Waals surface area contributed by atoms with Gasteiger partial charge in [-0.05, 0) is 55.2 Å². The van der Waals surface area contributed by atoms with E-state index in [1.165, 1.54) is 6.07 Å². The zero-order valence-electron chi connectivity index (χ0n) is 16.2. The van der Waals surface area contributed by atoms with Crippen molar-refractivity contribution in [2.45, 2.75) is 32.9 Å². The molecule has 1 atom stereocenters. The molecular weight excluding hydrogens is 392 g/mol. The number of carbonyl (C=O) groups excluding carboxylic acids is 2. The van der Waals surface area contributed by atoms with Crippen LogP contribution in [0.5, 0.6) is 0 Å². The van der Waals surface area contributed by atoms with Gasteiger partial charge in [-0.1, -0.05) is 35.9 Å². The van der Waals surface area contributed by atoms with E-state index in [4.69, 9.17) is 16.0 Å². The minimum Gasteiger partial charge on any atom is -0.423 e.